The maximum atomic E-state index is 5.91. The van der Waals surface area contributed by atoms with Gasteiger partial charge in [0.1, 0.15) is 5.69 Å². The number of aryl methyl sites for hydroxylation is 2. The van der Waals surface area contributed by atoms with E-state index in [1.807, 2.05) is 6.92 Å². The molecule has 1 aromatic carbocycles. The number of hydrogen-bond acceptors (Lipinski definition) is 2. The molecule has 0 radical (unpaired) electrons. The summed E-state index contributed by atoms with van der Waals surface area (Å²) in [7, 11) is 0. The topological polar surface area (TPSA) is 54.7 Å². The highest BCUT2D eigenvalue weighted by Crippen LogP contribution is 2.25. The first kappa shape index (κ1) is 9.77. The number of benzene rings is 1. The summed E-state index contributed by atoms with van der Waals surface area (Å²) in [5, 5.41) is 7.08. The van der Waals surface area contributed by atoms with Gasteiger partial charge in [-0.15, -0.1) is 0 Å². The Morgan fingerprint density at radius 2 is 1.93 bits per heavy atom. The van der Waals surface area contributed by atoms with Crippen molar-refractivity contribution in [3.63, 3.8) is 0 Å². The Balaban J connectivity index is 2.41. The van der Waals surface area contributed by atoms with Crippen molar-refractivity contribution < 1.29 is 0 Å². The largest absolute Gasteiger partial charge is 0.395 e. The van der Waals surface area contributed by atoms with Crippen LogP contribution in [0.15, 0.2) is 24.3 Å². The lowest BCUT2D eigenvalue weighted by atomic mass is 10.1. The Kier molecular flexibility index (Phi) is 2.46. The Hall–Kier alpha value is -1.77. The summed E-state index contributed by atoms with van der Waals surface area (Å²) in [6, 6.07) is 8.34. The third-order valence-corrected chi connectivity index (χ3v) is 2.63. The van der Waals surface area contributed by atoms with Gasteiger partial charge in [0.15, 0.2) is 0 Å². The van der Waals surface area contributed by atoms with E-state index < -0.39 is 0 Å². The smallest absolute Gasteiger partial charge is 0.115 e. The van der Waals surface area contributed by atoms with Gasteiger partial charge in [0.05, 0.1) is 11.4 Å². The van der Waals surface area contributed by atoms with Crippen LogP contribution in [0, 0.1) is 6.92 Å². The second-order valence-corrected chi connectivity index (χ2v) is 3.66. The van der Waals surface area contributed by atoms with Gasteiger partial charge in [-0.3, -0.25) is 5.10 Å². The molecule has 2 aromatic rings. The normalized spacial score (nSPS) is 10.5. The number of rotatable bonds is 2. The molecule has 0 aliphatic heterocycles. The fourth-order valence-corrected chi connectivity index (χ4v) is 1.56. The third-order valence-electron chi connectivity index (χ3n) is 2.63. The van der Waals surface area contributed by atoms with Gasteiger partial charge in [0, 0.05) is 5.56 Å². The average Bonchev–Trinajstić information content (AvgIpc) is 2.60. The molecular formula is C12H15N3. The van der Waals surface area contributed by atoms with Crippen molar-refractivity contribution in [2.24, 2.45) is 0 Å². The van der Waals surface area contributed by atoms with E-state index >= 15 is 0 Å². The molecule has 0 unspecified atom stereocenters. The predicted octanol–water partition coefficient (Wildman–Crippen LogP) is 2.53. The number of aromatic amines is 1. The average molecular weight is 201 g/mol. The highest BCUT2D eigenvalue weighted by atomic mass is 15.1. The van der Waals surface area contributed by atoms with E-state index in [1.54, 1.807) is 0 Å². The zero-order valence-corrected chi connectivity index (χ0v) is 9.04. The Bertz CT molecular complexity index is 454. The van der Waals surface area contributed by atoms with Crippen molar-refractivity contribution in [2.45, 2.75) is 20.3 Å². The van der Waals surface area contributed by atoms with Crippen LogP contribution in [-0.4, -0.2) is 10.2 Å². The van der Waals surface area contributed by atoms with Gasteiger partial charge in [0.2, 0.25) is 0 Å². The molecule has 3 heteroatoms. The minimum absolute atomic E-state index is 0.735. The first-order valence-corrected chi connectivity index (χ1v) is 5.12. The molecule has 0 spiro atoms. The molecule has 0 bridgehead atoms. The molecule has 15 heavy (non-hydrogen) atoms. The SMILES string of the molecule is CCc1ccc(-c2n[nH]c(C)c2N)cc1. The number of anilines is 1. The van der Waals surface area contributed by atoms with Crippen LogP contribution in [0.3, 0.4) is 0 Å². The summed E-state index contributed by atoms with van der Waals surface area (Å²) in [5.74, 6) is 0. The van der Waals surface area contributed by atoms with Gasteiger partial charge in [-0.2, -0.15) is 5.10 Å². The molecule has 3 N–H and O–H groups in total. The van der Waals surface area contributed by atoms with Gasteiger partial charge >= 0.3 is 0 Å². The number of nitrogens with zero attached hydrogens (tertiary/aromatic N) is 1. The Morgan fingerprint density at radius 3 is 2.40 bits per heavy atom. The van der Waals surface area contributed by atoms with Crippen LogP contribution in [0.4, 0.5) is 5.69 Å². The lowest BCUT2D eigenvalue weighted by Gasteiger charge is -2.00. The molecule has 0 fully saturated rings. The monoisotopic (exact) mass is 201 g/mol. The van der Waals surface area contributed by atoms with E-state index in [0.29, 0.717) is 0 Å². The summed E-state index contributed by atoms with van der Waals surface area (Å²) in [4.78, 5) is 0. The number of aromatic nitrogens is 2. The third kappa shape index (κ3) is 1.73. The van der Waals surface area contributed by atoms with Gasteiger partial charge in [-0.1, -0.05) is 31.2 Å². The lowest BCUT2D eigenvalue weighted by molar-refractivity contribution is 1.05. The van der Waals surface area contributed by atoms with Crippen molar-refractivity contribution >= 4 is 5.69 Å². The predicted molar refractivity (Wildman–Crippen MR) is 62.6 cm³/mol. The maximum absolute atomic E-state index is 5.91. The quantitative estimate of drug-likeness (QED) is 0.784. The molecule has 78 valence electrons. The van der Waals surface area contributed by atoms with Crippen molar-refractivity contribution in [3.8, 4) is 11.3 Å². The van der Waals surface area contributed by atoms with Crippen LogP contribution in [0.25, 0.3) is 11.3 Å². The van der Waals surface area contributed by atoms with Gasteiger partial charge in [-0.05, 0) is 18.9 Å². The van der Waals surface area contributed by atoms with E-state index in [-0.39, 0.29) is 0 Å². The van der Waals surface area contributed by atoms with E-state index in [4.69, 9.17) is 5.73 Å². The molecule has 0 saturated heterocycles. The van der Waals surface area contributed by atoms with Crippen LogP contribution in [-0.2, 0) is 6.42 Å². The number of nitrogens with two attached hydrogens (primary N) is 1. The summed E-state index contributed by atoms with van der Waals surface area (Å²) in [6.07, 6.45) is 1.05. The lowest BCUT2D eigenvalue weighted by Crippen LogP contribution is -1.89. The van der Waals surface area contributed by atoms with E-state index in [2.05, 4.69) is 41.4 Å². The summed E-state index contributed by atoms with van der Waals surface area (Å²) in [6.45, 7) is 4.06. The van der Waals surface area contributed by atoms with Crippen molar-refractivity contribution in [3.05, 3.63) is 35.5 Å². The standard InChI is InChI=1S/C12H15N3/c1-3-9-4-6-10(7-5-9)12-11(13)8(2)14-15-12/h4-7H,3,13H2,1-2H3,(H,14,15). The maximum Gasteiger partial charge on any atom is 0.115 e. The molecular weight excluding hydrogens is 186 g/mol. The van der Waals surface area contributed by atoms with Gasteiger partial charge < -0.3 is 5.73 Å². The minimum Gasteiger partial charge on any atom is -0.395 e. The molecule has 1 heterocycles. The number of H-pyrrole nitrogens is 1. The van der Waals surface area contributed by atoms with Crippen LogP contribution in [0.2, 0.25) is 0 Å². The molecule has 0 aliphatic carbocycles. The molecule has 1 aromatic heterocycles. The molecule has 2 rings (SSSR count). The second kappa shape index (κ2) is 3.77. The van der Waals surface area contributed by atoms with Gasteiger partial charge in [0.25, 0.3) is 0 Å². The van der Waals surface area contributed by atoms with E-state index in [9.17, 15) is 0 Å². The zero-order chi connectivity index (χ0) is 10.8. The van der Waals surface area contributed by atoms with Crippen molar-refractivity contribution in [1.29, 1.82) is 0 Å². The van der Waals surface area contributed by atoms with Crippen LogP contribution >= 0.6 is 0 Å². The second-order valence-electron chi connectivity index (χ2n) is 3.66. The highest BCUT2D eigenvalue weighted by molar-refractivity contribution is 5.74. The summed E-state index contributed by atoms with van der Waals surface area (Å²) in [5.41, 5.74) is 10.8. The molecule has 0 saturated carbocycles. The fourth-order valence-electron chi connectivity index (χ4n) is 1.56. The van der Waals surface area contributed by atoms with Crippen LogP contribution in [0.1, 0.15) is 18.2 Å². The van der Waals surface area contributed by atoms with Crippen molar-refractivity contribution in [1.82, 2.24) is 10.2 Å². The molecule has 3 nitrogen and oxygen atoms in total. The first-order chi connectivity index (χ1) is 7.22. The van der Waals surface area contributed by atoms with Crippen molar-refractivity contribution in [2.75, 3.05) is 5.73 Å². The Labute approximate surface area is 89.3 Å². The molecule has 0 aliphatic rings. The van der Waals surface area contributed by atoms with Gasteiger partial charge in [-0.25, -0.2) is 0 Å². The van der Waals surface area contributed by atoms with Crippen LogP contribution in [0.5, 0.6) is 0 Å². The number of hydrogen-bond donors (Lipinski definition) is 2. The zero-order valence-electron chi connectivity index (χ0n) is 9.04. The minimum atomic E-state index is 0.735. The van der Waals surface area contributed by atoms with Crippen LogP contribution < -0.4 is 5.73 Å². The number of nitrogen functional groups attached to an aromatic ring is 1. The van der Waals surface area contributed by atoms with E-state index in [1.165, 1.54) is 5.56 Å². The molecule has 0 atom stereocenters. The number of nitrogens with one attached hydrogen (secondary N) is 1. The van der Waals surface area contributed by atoms with E-state index in [0.717, 1.165) is 29.1 Å². The highest BCUT2D eigenvalue weighted by Gasteiger charge is 2.08. The Morgan fingerprint density at radius 1 is 1.27 bits per heavy atom. The fraction of sp³-hybridized carbons (Fsp3) is 0.250. The first-order valence-electron chi connectivity index (χ1n) is 5.12. The summed E-state index contributed by atoms with van der Waals surface area (Å²) < 4.78 is 0. The molecule has 0 amide bonds. The summed E-state index contributed by atoms with van der Waals surface area (Å²) >= 11 is 0.